The Balaban J connectivity index is 1.77. The molecule has 10 nitrogen and oxygen atoms in total. The van der Waals surface area contributed by atoms with Crippen LogP contribution < -0.4 is 15.8 Å². The lowest BCUT2D eigenvalue weighted by atomic mass is 10.4. The first-order valence-electron chi connectivity index (χ1n) is 8.71. The highest BCUT2D eigenvalue weighted by atomic mass is 32.1. The molecule has 28 heavy (non-hydrogen) atoms. The Morgan fingerprint density at radius 3 is 2.96 bits per heavy atom. The topological polar surface area (TPSA) is 110 Å². The van der Waals surface area contributed by atoms with Crippen molar-refractivity contribution >= 4 is 44.9 Å². The zero-order valence-corrected chi connectivity index (χ0v) is 16.2. The van der Waals surface area contributed by atoms with Crippen molar-refractivity contribution in [1.29, 1.82) is 0 Å². The number of fused-ring (bicyclic) bond motifs is 3. The number of carbonyl (C=O) groups excluding carboxylic acids is 1. The molecule has 0 bridgehead atoms. The van der Waals surface area contributed by atoms with Crippen molar-refractivity contribution in [3.63, 3.8) is 0 Å². The second-order valence-electron chi connectivity index (χ2n) is 6.23. The minimum absolute atomic E-state index is 0.224. The molecule has 0 aliphatic rings. The van der Waals surface area contributed by atoms with Crippen LogP contribution in [-0.4, -0.2) is 48.6 Å². The van der Waals surface area contributed by atoms with Gasteiger partial charge in [-0.15, -0.1) is 16.4 Å². The van der Waals surface area contributed by atoms with Crippen LogP contribution in [0.3, 0.4) is 0 Å². The van der Waals surface area contributed by atoms with Gasteiger partial charge in [0.15, 0.2) is 5.65 Å². The SMILES string of the molecule is CCCN(C)c1nn(CC(=O)Nc2ccncn2)c(=O)c2cc3scnc3n12. The molecule has 4 heterocycles. The van der Waals surface area contributed by atoms with Gasteiger partial charge in [-0.2, -0.15) is 0 Å². The van der Waals surface area contributed by atoms with Crippen molar-refractivity contribution in [2.45, 2.75) is 19.9 Å². The molecule has 0 saturated heterocycles. The molecular formula is C17H18N8O2S. The van der Waals surface area contributed by atoms with Gasteiger partial charge in [-0.25, -0.2) is 19.6 Å². The molecule has 4 aromatic heterocycles. The van der Waals surface area contributed by atoms with Crippen LogP contribution in [-0.2, 0) is 11.3 Å². The monoisotopic (exact) mass is 398 g/mol. The maximum absolute atomic E-state index is 12.9. The lowest BCUT2D eigenvalue weighted by Crippen LogP contribution is -2.34. The molecule has 4 rings (SSSR count). The zero-order chi connectivity index (χ0) is 19.7. The van der Waals surface area contributed by atoms with E-state index in [0.29, 0.717) is 22.9 Å². The molecule has 0 saturated carbocycles. The summed E-state index contributed by atoms with van der Waals surface area (Å²) in [4.78, 5) is 39.4. The van der Waals surface area contributed by atoms with Crippen LogP contribution in [0.4, 0.5) is 11.8 Å². The smallest absolute Gasteiger partial charge is 0.291 e. The van der Waals surface area contributed by atoms with Crippen molar-refractivity contribution in [2.24, 2.45) is 0 Å². The Labute approximate surface area is 163 Å². The second kappa shape index (κ2) is 7.35. The molecule has 0 aliphatic heterocycles. The molecular weight excluding hydrogens is 380 g/mol. The summed E-state index contributed by atoms with van der Waals surface area (Å²) in [5.41, 5.74) is 2.52. The molecule has 1 N–H and O–H groups in total. The van der Waals surface area contributed by atoms with Gasteiger partial charge >= 0.3 is 0 Å². The molecule has 0 fully saturated rings. The third kappa shape index (κ3) is 3.20. The predicted molar refractivity (Wildman–Crippen MR) is 107 cm³/mol. The molecule has 0 radical (unpaired) electrons. The Hall–Kier alpha value is -3.34. The number of nitrogens with zero attached hydrogens (tertiary/aromatic N) is 7. The minimum Gasteiger partial charge on any atom is -0.344 e. The molecule has 144 valence electrons. The van der Waals surface area contributed by atoms with Crippen LogP contribution in [0.1, 0.15) is 13.3 Å². The summed E-state index contributed by atoms with van der Waals surface area (Å²) in [6, 6.07) is 3.36. The number of rotatable bonds is 6. The number of thiazole rings is 1. The number of anilines is 2. The Morgan fingerprint density at radius 1 is 1.36 bits per heavy atom. The number of hydrogen-bond acceptors (Lipinski definition) is 8. The number of carbonyl (C=O) groups is 1. The van der Waals surface area contributed by atoms with Crippen molar-refractivity contribution < 1.29 is 4.79 Å². The average molecular weight is 398 g/mol. The van der Waals surface area contributed by atoms with E-state index in [0.717, 1.165) is 17.7 Å². The van der Waals surface area contributed by atoms with Crippen LogP contribution >= 0.6 is 11.3 Å². The van der Waals surface area contributed by atoms with E-state index in [9.17, 15) is 9.59 Å². The molecule has 1 amide bonds. The van der Waals surface area contributed by atoms with Gasteiger partial charge in [0.2, 0.25) is 11.9 Å². The summed E-state index contributed by atoms with van der Waals surface area (Å²) in [5, 5.41) is 7.11. The first-order chi connectivity index (χ1) is 13.6. The molecule has 0 aliphatic carbocycles. The number of nitrogens with one attached hydrogen (secondary N) is 1. The molecule has 11 heteroatoms. The summed E-state index contributed by atoms with van der Waals surface area (Å²) < 4.78 is 3.83. The summed E-state index contributed by atoms with van der Waals surface area (Å²) in [6.07, 6.45) is 3.77. The molecule has 0 atom stereocenters. The van der Waals surface area contributed by atoms with Crippen molar-refractivity contribution in [2.75, 3.05) is 23.8 Å². The first-order valence-corrected chi connectivity index (χ1v) is 9.59. The van der Waals surface area contributed by atoms with E-state index in [1.807, 2.05) is 11.9 Å². The Morgan fingerprint density at radius 2 is 2.21 bits per heavy atom. The van der Waals surface area contributed by atoms with Gasteiger partial charge in [-0.1, -0.05) is 6.92 Å². The fourth-order valence-corrected chi connectivity index (χ4v) is 3.68. The van der Waals surface area contributed by atoms with Crippen LogP contribution in [0.2, 0.25) is 0 Å². The fourth-order valence-electron chi connectivity index (χ4n) is 2.98. The molecule has 4 aromatic rings. The quantitative estimate of drug-likeness (QED) is 0.522. The lowest BCUT2D eigenvalue weighted by molar-refractivity contribution is -0.117. The van der Waals surface area contributed by atoms with Gasteiger partial charge in [0, 0.05) is 19.8 Å². The largest absolute Gasteiger partial charge is 0.344 e. The summed E-state index contributed by atoms with van der Waals surface area (Å²) in [5.74, 6) is 0.533. The van der Waals surface area contributed by atoms with Gasteiger partial charge in [0.05, 0.1) is 10.2 Å². The van der Waals surface area contributed by atoms with E-state index in [1.54, 1.807) is 22.0 Å². The zero-order valence-electron chi connectivity index (χ0n) is 15.4. The van der Waals surface area contributed by atoms with Gasteiger partial charge in [-0.05, 0) is 18.6 Å². The van der Waals surface area contributed by atoms with E-state index >= 15 is 0 Å². The molecule has 0 unspecified atom stereocenters. The Kier molecular flexibility index (Phi) is 4.74. The minimum atomic E-state index is -0.395. The highest BCUT2D eigenvalue weighted by Gasteiger charge is 2.19. The van der Waals surface area contributed by atoms with Gasteiger partial charge in [0.25, 0.3) is 5.56 Å². The summed E-state index contributed by atoms with van der Waals surface area (Å²) in [6.45, 7) is 2.59. The van der Waals surface area contributed by atoms with Gasteiger partial charge in [0.1, 0.15) is 24.2 Å². The van der Waals surface area contributed by atoms with Crippen LogP contribution in [0.15, 0.2) is 35.0 Å². The second-order valence-corrected chi connectivity index (χ2v) is 7.12. The average Bonchev–Trinajstić information content (AvgIpc) is 3.27. The van der Waals surface area contributed by atoms with Crippen LogP contribution in [0.25, 0.3) is 15.9 Å². The van der Waals surface area contributed by atoms with E-state index < -0.39 is 5.91 Å². The highest BCUT2D eigenvalue weighted by molar-refractivity contribution is 7.16. The van der Waals surface area contributed by atoms with E-state index in [4.69, 9.17) is 0 Å². The standard InChI is InChI=1S/C17H18N8O2S/c1-3-6-23(2)17-22-24(8-14(26)21-13-4-5-18-9-19-13)16(27)11-7-12-15(25(11)17)20-10-28-12/h4-5,7,9-10H,3,6,8H2,1-2H3,(H,18,19,21,26). The third-order valence-electron chi connectivity index (χ3n) is 4.20. The highest BCUT2D eigenvalue weighted by Crippen LogP contribution is 2.24. The number of aromatic nitrogens is 6. The maximum Gasteiger partial charge on any atom is 0.291 e. The first kappa shape index (κ1) is 18.0. The number of amides is 1. The van der Waals surface area contributed by atoms with Crippen molar-refractivity contribution in [3.8, 4) is 0 Å². The lowest BCUT2D eigenvalue weighted by Gasteiger charge is -2.19. The molecule has 0 aromatic carbocycles. The summed E-state index contributed by atoms with van der Waals surface area (Å²) >= 11 is 1.46. The van der Waals surface area contributed by atoms with E-state index in [2.05, 4.69) is 32.3 Å². The van der Waals surface area contributed by atoms with Crippen LogP contribution in [0, 0.1) is 0 Å². The van der Waals surface area contributed by atoms with Crippen molar-refractivity contribution in [1.82, 2.24) is 29.1 Å². The fraction of sp³-hybridized carbons (Fsp3) is 0.294. The van der Waals surface area contributed by atoms with Crippen LogP contribution in [0.5, 0.6) is 0 Å². The predicted octanol–water partition coefficient (Wildman–Crippen LogP) is 1.38. The van der Waals surface area contributed by atoms with Crippen molar-refractivity contribution in [3.05, 3.63) is 40.5 Å². The van der Waals surface area contributed by atoms with E-state index in [-0.39, 0.29) is 12.1 Å². The maximum atomic E-state index is 12.9. The number of hydrogen-bond donors (Lipinski definition) is 1. The Bertz CT molecular complexity index is 1200. The summed E-state index contributed by atoms with van der Waals surface area (Å²) in [7, 11) is 1.90. The third-order valence-corrected chi connectivity index (χ3v) is 4.97. The van der Waals surface area contributed by atoms with Gasteiger partial charge < -0.3 is 10.2 Å². The van der Waals surface area contributed by atoms with Gasteiger partial charge in [-0.3, -0.25) is 14.0 Å². The normalized spacial score (nSPS) is 11.2. The molecule has 0 spiro atoms. The van der Waals surface area contributed by atoms with E-state index in [1.165, 1.54) is 28.5 Å².